The summed E-state index contributed by atoms with van der Waals surface area (Å²) in [6, 6.07) is 8.04. The molecule has 0 radical (unpaired) electrons. The van der Waals surface area contributed by atoms with Gasteiger partial charge in [-0.2, -0.15) is 4.31 Å². The molecule has 2 heterocycles. The minimum Gasteiger partial charge on any atom is -0.353 e. The summed E-state index contributed by atoms with van der Waals surface area (Å²) in [6.45, 7) is 5.23. The number of hydrogen-bond acceptors (Lipinski definition) is 4. The molecule has 138 valence electrons. The van der Waals surface area contributed by atoms with E-state index in [4.69, 9.17) is 0 Å². The van der Waals surface area contributed by atoms with Crippen LogP contribution in [0, 0.1) is 0 Å². The molecule has 1 amide bonds. The summed E-state index contributed by atoms with van der Waals surface area (Å²) < 4.78 is 27.0. The maximum Gasteiger partial charge on any atom is 0.243 e. The Bertz CT molecular complexity index is 687. The molecule has 2 fully saturated rings. The van der Waals surface area contributed by atoms with E-state index in [1.54, 1.807) is 30.3 Å². The lowest BCUT2D eigenvalue weighted by Crippen LogP contribution is -2.49. The summed E-state index contributed by atoms with van der Waals surface area (Å²) in [5.41, 5.74) is 0. The van der Waals surface area contributed by atoms with Crippen molar-refractivity contribution >= 4 is 15.9 Å². The van der Waals surface area contributed by atoms with Crippen molar-refractivity contribution in [2.45, 2.75) is 49.6 Å². The molecule has 1 aromatic carbocycles. The number of likely N-dealkylation sites (tertiary alicyclic amines) is 1. The van der Waals surface area contributed by atoms with Gasteiger partial charge in [0.1, 0.15) is 6.04 Å². The highest BCUT2D eigenvalue weighted by molar-refractivity contribution is 7.89. The van der Waals surface area contributed by atoms with Crippen molar-refractivity contribution < 1.29 is 13.2 Å². The number of nitrogens with one attached hydrogen (secondary N) is 1. The highest BCUT2D eigenvalue weighted by Crippen LogP contribution is 2.26. The summed E-state index contributed by atoms with van der Waals surface area (Å²) in [4.78, 5) is 15.2. The third-order valence-corrected chi connectivity index (χ3v) is 7.11. The molecule has 25 heavy (non-hydrogen) atoms. The Morgan fingerprint density at radius 3 is 2.52 bits per heavy atom. The molecule has 1 N–H and O–H groups in total. The van der Waals surface area contributed by atoms with Gasteiger partial charge in [0.15, 0.2) is 0 Å². The van der Waals surface area contributed by atoms with Gasteiger partial charge in [-0.15, -0.1) is 0 Å². The number of hydrogen-bond donors (Lipinski definition) is 1. The molecule has 0 aliphatic carbocycles. The fraction of sp³-hybridized carbons (Fsp3) is 0.611. The zero-order chi connectivity index (χ0) is 17.9. The van der Waals surface area contributed by atoms with E-state index in [1.807, 2.05) is 0 Å². The van der Waals surface area contributed by atoms with E-state index in [0.29, 0.717) is 25.9 Å². The Labute approximate surface area is 150 Å². The van der Waals surface area contributed by atoms with Crippen molar-refractivity contribution in [1.29, 1.82) is 0 Å². The molecule has 2 atom stereocenters. The quantitative estimate of drug-likeness (QED) is 0.828. The second-order valence-corrected chi connectivity index (χ2v) is 8.81. The highest BCUT2D eigenvalue weighted by atomic mass is 32.2. The summed E-state index contributed by atoms with van der Waals surface area (Å²) >= 11 is 0. The van der Waals surface area contributed by atoms with Crippen LogP contribution in [0.3, 0.4) is 0 Å². The predicted octanol–water partition coefficient (Wildman–Crippen LogP) is 1.44. The van der Waals surface area contributed by atoms with Crippen LogP contribution in [-0.2, 0) is 14.8 Å². The lowest BCUT2D eigenvalue weighted by molar-refractivity contribution is -0.124. The molecule has 0 unspecified atom stereocenters. The first-order chi connectivity index (χ1) is 12.0. The molecule has 2 aliphatic rings. The summed E-state index contributed by atoms with van der Waals surface area (Å²) in [7, 11) is -3.63. The normalized spacial score (nSPS) is 23.6. The molecule has 0 saturated carbocycles. The number of rotatable bonds is 6. The Kier molecular flexibility index (Phi) is 5.76. The van der Waals surface area contributed by atoms with Gasteiger partial charge in [-0.1, -0.05) is 18.2 Å². The highest BCUT2D eigenvalue weighted by Gasteiger charge is 2.39. The van der Waals surface area contributed by atoms with E-state index in [0.717, 1.165) is 13.1 Å². The van der Waals surface area contributed by atoms with Crippen LogP contribution >= 0.6 is 0 Å². The lowest BCUT2D eigenvalue weighted by atomic mass is 10.2. The van der Waals surface area contributed by atoms with Crippen molar-refractivity contribution in [3.8, 4) is 0 Å². The first kappa shape index (κ1) is 18.4. The Balaban J connectivity index is 1.63. The average Bonchev–Trinajstić information content (AvgIpc) is 3.31. The van der Waals surface area contributed by atoms with Crippen LogP contribution in [0.2, 0.25) is 0 Å². The Morgan fingerprint density at radius 2 is 1.84 bits per heavy atom. The topological polar surface area (TPSA) is 69.7 Å². The SMILES string of the molecule is C[C@@H](CNC(=O)[C@@H]1CCCN1S(=O)(=O)c1ccccc1)N1CCCC1. The van der Waals surface area contributed by atoms with Gasteiger partial charge >= 0.3 is 0 Å². The minimum absolute atomic E-state index is 0.178. The molecule has 0 spiro atoms. The monoisotopic (exact) mass is 365 g/mol. The number of sulfonamides is 1. The van der Waals surface area contributed by atoms with Crippen molar-refractivity contribution in [3.05, 3.63) is 30.3 Å². The minimum atomic E-state index is -3.63. The molecule has 0 bridgehead atoms. The second kappa shape index (κ2) is 7.85. The van der Waals surface area contributed by atoms with Gasteiger partial charge in [0.2, 0.25) is 15.9 Å². The van der Waals surface area contributed by atoms with Crippen LogP contribution in [0.15, 0.2) is 35.2 Å². The van der Waals surface area contributed by atoms with Gasteiger partial charge in [0.25, 0.3) is 0 Å². The third kappa shape index (κ3) is 4.04. The largest absolute Gasteiger partial charge is 0.353 e. The van der Waals surface area contributed by atoms with Crippen LogP contribution in [0.4, 0.5) is 0 Å². The number of carbonyl (C=O) groups is 1. The zero-order valence-electron chi connectivity index (χ0n) is 14.7. The number of nitrogens with zero attached hydrogens (tertiary/aromatic N) is 2. The summed E-state index contributed by atoms with van der Waals surface area (Å²) in [6.07, 6.45) is 3.72. The van der Waals surface area contributed by atoms with Gasteiger partial charge in [-0.05, 0) is 57.8 Å². The van der Waals surface area contributed by atoms with E-state index in [9.17, 15) is 13.2 Å². The van der Waals surface area contributed by atoms with Crippen molar-refractivity contribution in [1.82, 2.24) is 14.5 Å². The maximum atomic E-state index is 12.8. The molecule has 7 heteroatoms. The number of amides is 1. The lowest BCUT2D eigenvalue weighted by Gasteiger charge is -2.27. The summed E-state index contributed by atoms with van der Waals surface area (Å²) in [5, 5.41) is 2.97. The second-order valence-electron chi connectivity index (χ2n) is 6.92. The Hall–Kier alpha value is -1.44. The fourth-order valence-corrected chi connectivity index (χ4v) is 5.37. The van der Waals surface area contributed by atoms with Gasteiger partial charge in [-0.25, -0.2) is 8.42 Å². The van der Waals surface area contributed by atoms with Crippen LogP contribution < -0.4 is 5.32 Å². The molecule has 1 aromatic rings. The van der Waals surface area contributed by atoms with Gasteiger partial charge in [0.05, 0.1) is 4.90 Å². The fourth-order valence-electron chi connectivity index (χ4n) is 3.70. The van der Waals surface area contributed by atoms with Gasteiger partial charge < -0.3 is 5.32 Å². The molecule has 0 aromatic heterocycles. The maximum absolute atomic E-state index is 12.8. The zero-order valence-corrected chi connectivity index (χ0v) is 15.5. The van der Waals surface area contributed by atoms with Crippen molar-refractivity contribution in [2.75, 3.05) is 26.2 Å². The van der Waals surface area contributed by atoms with Gasteiger partial charge in [0, 0.05) is 19.1 Å². The smallest absolute Gasteiger partial charge is 0.243 e. The molecule has 3 rings (SSSR count). The molecule has 2 aliphatic heterocycles. The van der Waals surface area contributed by atoms with E-state index >= 15 is 0 Å². The standard InChI is InChI=1S/C18H27N3O3S/c1-15(20-11-5-6-12-20)14-19-18(22)17-10-7-13-21(17)25(23,24)16-8-3-2-4-9-16/h2-4,8-9,15,17H,5-7,10-14H2,1H3,(H,19,22)/t15-,17-/m0/s1. The first-order valence-corrected chi connectivity index (χ1v) is 10.5. The van der Waals surface area contributed by atoms with Crippen LogP contribution in [0.1, 0.15) is 32.6 Å². The van der Waals surface area contributed by atoms with E-state index in [2.05, 4.69) is 17.1 Å². The predicted molar refractivity (Wildman–Crippen MR) is 96.6 cm³/mol. The average molecular weight is 365 g/mol. The van der Waals surface area contributed by atoms with E-state index < -0.39 is 16.1 Å². The van der Waals surface area contributed by atoms with E-state index in [1.165, 1.54) is 17.1 Å². The first-order valence-electron chi connectivity index (χ1n) is 9.09. The molecule has 6 nitrogen and oxygen atoms in total. The summed E-state index contributed by atoms with van der Waals surface area (Å²) in [5.74, 6) is -0.178. The molecular formula is C18H27N3O3S. The number of benzene rings is 1. The van der Waals surface area contributed by atoms with Crippen LogP contribution in [0.25, 0.3) is 0 Å². The van der Waals surface area contributed by atoms with Gasteiger partial charge in [-0.3, -0.25) is 9.69 Å². The Morgan fingerprint density at radius 1 is 1.16 bits per heavy atom. The molecule has 2 saturated heterocycles. The van der Waals surface area contributed by atoms with Crippen molar-refractivity contribution in [3.63, 3.8) is 0 Å². The molecular weight excluding hydrogens is 338 g/mol. The number of carbonyl (C=O) groups excluding carboxylic acids is 1. The van der Waals surface area contributed by atoms with E-state index in [-0.39, 0.29) is 16.8 Å². The van der Waals surface area contributed by atoms with Crippen molar-refractivity contribution in [2.24, 2.45) is 0 Å². The van der Waals surface area contributed by atoms with Crippen LogP contribution in [0.5, 0.6) is 0 Å². The third-order valence-electron chi connectivity index (χ3n) is 5.19. The van der Waals surface area contributed by atoms with Crippen LogP contribution in [-0.4, -0.2) is 61.8 Å².